The van der Waals surface area contributed by atoms with E-state index in [0.717, 1.165) is 0 Å². The van der Waals surface area contributed by atoms with Gasteiger partial charge in [0, 0.05) is 5.02 Å². The zero-order chi connectivity index (χ0) is 14.6. The lowest BCUT2D eigenvalue weighted by Crippen LogP contribution is -2.40. The van der Waals surface area contributed by atoms with Crippen molar-refractivity contribution in [1.29, 1.82) is 0 Å². The third-order valence-electron chi connectivity index (χ3n) is 2.17. The van der Waals surface area contributed by atoms with Crippen molar-refractivity contribution in [1.82, 2.24) is 0 Å². The van der Waals surface area contributed by atoms with Gasteiger partial charge in [0.05, 0.1) is 4.47 Å². The molecule has 1 unspecified atom stereocenters. The summed E-state index contributed by atoms with van der Waals surface area (Å²) in [5.41, 5.74) is 5.00. The maximum atomic E-state index is 12.6. The van der Waals surface area contributed by atoms with Gasteiger partial charge in [-0.2, -0.15) is 13.2 Å². The molecule has 1 aromatic rings. The summed E-state index contributed by atoms with van der Waals surface area (Å²) in [5, 5.41) is 11.1. The van der Waals surface area contributed by atoms with Crippen LogP contribution in [0.3, 0.4) is 0 Å². The summed E-state index contributed by atoms with van der Waals surface area (Å²) < 4.78 is 43.3. The van der Waals surface area contributed by atoms with Gasteiger partial charge in [-0.3, -0.25) is 0 Å². The van der Waals surface area contributed by atoms with Gasteiger partial charge < -0.3 is 15.7 Å². The Balaban J connectivity index is 2.82. The summed E-state index contributed by atoms with van der Waals surface area (Å²) in [6.45, 7) is -0.806. The number of hydrogen-bond acceptors (Lipinski definition) is 3. The molecule has 4 nitrogen and oxygen atoms in total. The molecule has 0 spiro atoms. The predicted molar refractivity (Wildman–Crippen MR) is 67.6 cm³/mol. The summed E-state index contributed by atoms with van der Waals surface area (Å²) in [6.07, 6.45) is -4.67. The number of amidine groups is 1. The number of nitrogens with two attached hydrogens (primary N) is 1. The van der Waals surface area contributed by atoms with Gasteiger partial charge in [-0.05, 0) is 34.1 Å². The Bertz CT molecular complexity index is 482. The predicted octanol–water partition coefficient (Wildman–Crippen LogP) is 3.41. The second-order valence-electron chi connectivity index (χ2n) is 3.50. The smallest absolute Gasteiger partial charge is 0.402 e. The van der Waals surface area contributed by atoms with E-state index in [-0.39, 0.29) is 5.75 Å². The topological polar surface area (TPSA) is 67.8 Å². The van der Waals surface area contributed by atoms with Crippen molar-refractivity contribution in [3.8, 4) is 5.75 Å². The lowest BCUT2D eigenvalue weighted by Gasteiger charge is -2.19. The first-order valence-corrected chi connectivity index (χ1v) is 6.04. The van der Waals surface area contributed by atoms with Gasteiger partial charge >= 0.3 is 6.18 Å². The Morgan fingerprint density at radius 3 is 2.63 bits per heavy atom. The molecule has 0 aromatic heterocycles. The summed E-state index contributed by atoms with van der Waals surface area (Å²) >= 11 is 8.79. The minimum Gasteiger partial charge on any atom is -0.491 e. The molecular weight excluding hydrogens is 352 g/mol. The van der Waals surface area contributed by atoms with Crippen LogP contribution in [0, 0.1) is 5.92 Å². The van der Waals surface area contributed by atoms with Gasteiger partial charge in [0.25, 0.3) is 0 Å². The minimum atomic E-state index is -4.67. The minimum absolute atomic E-state index is 0.171. The highest BCUT2D eigenvalue weighted by Crippen LogP contribution is 2.31. The van der Waals surface area contributed by atoms with Crippen molar-refractivity contribution in [2.75, 3.05) is 6.61 Å². The zero-order valence-corrected chi connectivity index (χ0v) is 11.6. The summed E-state index contributed by atoms with van der Waals surface area (Å²) in [5.74, 6) is -2.98. The van der Waals surface area contributed by atoms with Crippen LogP contribution in [0.1, 0.15) is 0 Å². The monoisotopic (exact) mass is 360 g/mol. The van der Waals surface area contributed by atoms with E-state index in [9.17, 15) is 13.2 Å². The number of alkyl halides is 3. The molecule has 0 aliphatic heterocycles. The molecule has 0 fully saturated rings. The molecule has 1 rings (SSSR count). The standard InChI is InChI=1S/C10H9BrClF3N2O2/c11-7-3-5(12)1-2-8(7)19-4-6(9(16)17-18)10(13,14)15/h1-3,6,18H,4H2,(H2,16,17). The first kappa shape index (κ1) is 15.9. The Hall–Kier alpha value is -1.15. The number of ether oxygens (including phenoxy) is 1. The van der Waals surface area contributed by atoms with Crippen molar-refractivity contribution in [3.05, 3.63) is 27.7 Å². The molecule has 0 saturated carbocycles. The third-order valence-corrected chi connectivity index (χ3v) is 3.02. The molecule has 0 amide bonds. The summed E-state index contributed by atoms with van der Waals surface area (Å²) in [6, 6.07) is 4.35. The molecule has 1 aromatic carbocycles. The van der Waals surface area contributed by atoms with Crippen LogP contribution in [0.5, 0.6) is 5.75 Å². The summed E-state index contributed by atoms with van der Waals surface area (Å²) in [7, 11) is 0. The molecule has 0 aliphatic carbocycles. The highest BCUT2D eigenvalue weighted by Gasteiger charge is 2.43. The largest absolute Gasteiger partial charge is 0.491 e. The van der Waals surface area contributed by atoms with Crippen LogP contribution in [0.2, 0.25) is 5.02 Å². The quantitative estimate of drug-likeness (QED) is 0.374. The van der Waals surface area contributed by atoms with Crippen LogP contribution in [-0.4, -0.2) is 23.8 Å². The molecule has 106 valence electrons. The third kappa shape index (κ3) is 4.46. The number of hydrogen-bond donors (Lipinski definition) is 2. The maximum Gasteiger partial charge on any atom is 0.402 e. The highest BCUT2D eigenvalue weighted by atomic mass is 79.9. The lowest BCUT2D eigenvalue weighted by atomic mass is 10.1. The molecule has 0 aliphatic rings. The van der Waals surface area contributed by atoms with Crippen molar-refractivity contribution >= 4 is 33.4 Å². The van der Waals surface area contributed by atoms with Crippen LogP contribution in [-0.2, 0) is 0 Å². The van der Waals surface area contributed by atoms with Crippen LogP contribution >= 0.6 is 27.5 Å². The fourth-order valence-corrected chi connectivity index (χ4v) is 1.98. The second-order valence-corrected chi connectivity index (χ2v) is 4.80. The number of rotatable bonds is 4. The van der Waals surface area contributed by atoms with E-state index < -0.39 is 24.5 Å². The zero-order valence-electron chi connectivity index (χ0n) is 9.29. The van der Waals surface area contributed by atoms with Gasteiger partial charge in [0.1, 0.15) is 18.3 Å². The van der Waals surface area contributed by atoms with Gasteiger partial charge in [-0.15, -0.1) is 0 Å². The first-order chi connectivity index (χ1) is 8.75. The van der Waals surface area contributed by atoms with Crippen LogP contribution in [0.4, 0.5) is 13.2 Å². The van der Waals surface area contributed by atoms with Crippen molar-refractivity contribution in [3.63, 3.8) is 0 Å². The molecule has 9 heteroatoms. The highest BCUT2D eigenvalue weighted by molar-refractivity contribution is 9.10. The fraction of sp³-hybridized carbons (Fsp3) is 0.300. The van der Waals surface area contributed by atoms with E-state index in [0.29, 0.717) is 9.50 Å². The molecule has 0 saturated heterocycles. The van der Waals surface area contributed by atoms with Crippen LogP contribution < -0.4 is 10.5 Å². The van der Waals surface area contributed by atoms with Gasteiger partial charge in [-0.1, -0.05) is 16.8 Å². The fourth-order valence-electron chi connectivity index (χ4n) is 1.18. The lowest BCUT2D eigenvalue weighted by molar-refractivity contribution is -0.162. The van der Waals surface area contributed by atoms with E-state index in [1.54, 1.807) is 0 Å². The van der Waals surface area contributed by atoms with Gasteiger partial charge in [-0.25, -0.2) is 0 Å². The Labute approximate surface area is 120 Å². The molecule has 19 heavy (non-hydrogen) atoms. The van der Waals surface area contributed by atoms with E-state index >= 15 is 0 Å². The van der Waals surface area contributed by atoms with Crippen LogP contribution in [0.15, 0.2) is 27.8 Å². The average molecular weight is 362 g/mol. The SMILES string of the molecule is N/C(=N/O)C(COc1ccc(Cl)cc1Br)C(F)(F)F. The molecule has 1 atom stereocenters. The molecule has 0 bridgehead atoms. The van der Waals surface area contributed by atoms with Crippen molar-refractivity contribution in [2.24, 2.45) is 16.8 Å². The van der Waals surface area contributed by atoms with E-state index in [4.69, 9.17) is 27.3 Å². The van der Waals surface area contributed by atoms with E-state index in [1.807, 2.05) is 0 Å². The number of benzene rings is 1. The van der Waals surface area contributed by atoms with Gasteiger partial charge in [0.2, 0.25) is 0 Å². The number of oxime groups is 1. The average Bonchev–Trinajstić information content (AvgIpc) is 2.29. The van der Waals surface area contributed by atoms with E-state index in [2.05, 4.69) is 21.1 Å². The van der Waals surface area contributed by atoms with Gasteiger partial charge in [0.15, 0.2) is 5.84 Å². The molecule has 3 N–H and O–H groups in total. The van der Waals surface area contributed by atoms with Crippen molar-refractivity contribution < 1.29 is 23.1 Å². The van der Waals surface area contributed by atoms with Crippen molar-refractivity contribution in [2.45, 2.75) is 6.18 Å². The number of nitrogens with zero attached hydrogens (tertiary/aromatic N) is 1. The summed E-state index contributed by atoms with van der Waals surface area (Å²) in [4.78, 5) is 0. The number of halogens is 5. The Morgan fingerprint density at radius 2 is 2.16 bits per heavy atom. The Kier molecular flexibility index (Phi) is 5.30. The first-order valence-electron chi connectivity index (χ1n) is 4.87. The Morgan fingerprint density at radius 1 is 1.53 bits per heavy atom. The molecule has 0 radical (unpaired) electrons. The molecule has 0 heterocycles. The molecular formula is C10H9BrClF3N2O2. The second kappa shape index (κ2) is 6.33. The van der Waals surface area contributed by atoms with Crippen LogP contribution in [0.25, 0.3) is 0 Å². The maximum absolute atomic E-state index is 12.6. The van der Waals surface area contributed by atoms with E-state index in [1.165, 1.54) is 18.2 Å². The normalized spacial score (nSPS) is 14.3.